The van der Waals surface area contributed by atoms with Crippen molar-refractivity contribution in [1.82, 2.24) is 9.80 Å². The molecule has 2 fully saturated rings. The van der Waals surface area contributed by atoms with Crippen molar-refractivity contribution in [2.75, 3.05) is 27.2 Å². The van der Waals surface area contributed by atoms with Crippen LogP contribution in [-0.2, 0) is 22.6 Å². The first-order chi connectivity index (χ1) is 18.9. The number of hydrogen-bond acceptors (Lipinski definition) is 8. The van der Waals surface area contributed by atoms with Gasteiger partial charge in [0.2, 0.25) is 0 Å². The van der Waals surface area contributed by atoms with Crippen molar-refractivity contribution < 1.29 is 29.7 Å². The van der Waals surface area contributed by atoms with Gasteiger partial charge in [0.15, 0.2) is 11.6 Å². The van der Waals surface area contributed by atoms with Gasteiger partial charge < -0.3 is 21.1 Å². The van der Waals surface area contributed by atoms with Crippen LogP contribution < -0.4 is 5.73 Å². The fourth-order valence-corrected chi connectivity index (χ4v) is 7.53. The quantitative estimate of drug-likeness (QED) is 0.362. The van der Waals surface area contributed by atoms with Crippen molar-refractivity contribution in [3.05, 3.63) is 51.5 Å². The zero-order chi connectivity index (χ0) is 28.7. The third-order valence-electron chi connectivity index (χ3n) is 9.98. The minimum atomic E-state index is -1.62. The van der Waals surface area contributed by atoms with Gasteiger partial charge in [-0.05, 0) is 94.5 Å². The number of phenols is 1. The second-order valence-corrected chi connectivity index (χ2v) is 13.1. The third-order valence-corrected chi connectivity index (χ3v) is 9.98. The summed E-state index contributed by atoms with van der Waals surface area (Å²) in [7, 11) is 3.47. The number of aliphatic hydroxyl groups is 2. The predicted octanol–water partition coefficient (Wildman–Crippen LogP) is 3.02. The number of amides is 1. The Hall–Kier alpha value is -3.17. The van der Waals surface area contributed by atoms with E-state index in [-0.39, 0.29) is 22.6 Å². The van der Waals surface area contributed by atoms with E-state index in [0.717, 1.165) is 36.1 Å². The van der Waals surface area contributed by atoms with E-state index in [1.54, 1.807) is 25.1 Å². The summed E-state index contributed by atoms with van der Waals surface area (Å²) in [5.41, 5.74) is 5.46. The molecule has 9 nitrogen and oxygen atoms in total. The third kappa shape index (κ3) is 4.16. The highest BCUT2D eigenvalue weighted by Crippen LogP contribution is 2.56. The molecule has 0 radical (unpaired) electrons. The molecular weight excluding hydrogens is 510 g/mol. The molecule has 1 aromatic rings. The van der Waals surface area contributed by atoms with Crippen LogP contribution >= 0.6 is 0 Å². The Morgan fingerprint density at radius 1 is 1.05 bits per heavy atom. The molecule has 0 aromatic heterocycles. The number of carbonyl (C=O) groups is 3. The maximum absolute atomic E-state index is 14.0. The van der Waals surface area contributed by atoms with Gasteiger partial charge in [-0.25, -0.2) is 0 Å². The Labute approximate surface area is 234 Å². The number of aromatic hydroxyl groups is 1. The van der Waals surface area contributed by atoms with Crippen LogP contribution in [0.25, 0.3) is 0 Å². The smallest absolute Gasteiger partial charge is 0.255 e. The molecule has 1 unspecified atom stereocenters. The Balaban J connectivity index is 1.42. The van der Waals surface area contributed by atoms with Crippen molar-refractivity contribution in [2.45, 2.75) is 58.0 Å². The molecule has 5 aliphatic carbocycles. The lowest BCUT2D eigenvalue weighted by atomic mass is 9.54. The number of fused-ring (bicyclic) bond motifs is 3. The van der Waals surface area contributed by atoms with Crippen LogP contribution in [0.3, 0.4) is 0 Å². The number of ketones is 2. The summed E-state index contributed by atoms with van der Waals surface area (Å²) in [5.74, 6) is -2.79. The molecule has 0 bridgehead atoms. The number of allylic oxidation sites excluding steroid dienone is 2. The number of aliphatic hydroxyl groups excluding tert-OH is 2. The maximum atomic E-state index is 14.0. The summed E-state index contributed by atoms with van der Waals surface area (Å²) in [6, 6.07) is 2.72. The molecule has 6 rings (SSSR count). The Morgan fingerprint density at radius 3 is 2.23 bits per heavy atom. The van der Waals surface area contributed by atoms with Gasteiger partial charge in [-0.1, -0.05) is 6.07 Å². The largest absolute Gasteiger partial charge is 0.511 e. The van der Waals surface area contributed by atoms with Crippen LogP contribution in [0.15, 0.2) is 34.8 Å². The number of benzene rings is 1. The molecule has 0 saturated heterocycles. The zero-order valence-electron chi connectivity index (χ0n) is 23.4. The van der Waals surface area contributed by atoms with Gasteiger partial charge in [0.1, 0.15) is 22.8 Å². The van der Waals surface area contributed by atoms with Gasteiger partial charge in [0, 0.05) is 31.1 Å². The molecule has 2 saturated carbocycles. The molecule has 1 aromatic carbocycles. The van der Waals surface area contributed by atoms with Crippen molar-refractivity contribution in [2.24, 2.45) is 34.8 Å². The van der Waals surface area contributed by atoms with Crippen molar-refractivity contribution in [1.29, 1.82) is 0 Å². The topological polar surface area (TPSA) is 144 Å². The van der Waals surface area contributed by atoms with E-state index < -0.39 is 52.1 Å². The van der Waals surface area contributed by atoms with Gasteiger partial charge in [-0.2, -0.15) is 0 Å². The molecule has 9 heteroatoms. The highest BCUT2D eigenvalue weighted by Gasteiger charge is 2.61. The van der Waals surface area contributed by atoms with Gasteiger partial charge in [-0.15, -0.1) is 0 Å². The first-order valence-electron chi connectivity index (χ1n) is 14.4. The second kappa shape index (κ2) is 9.45. The number of Topliss-reactive ketones (excluding diaryl/α,β-unsaturated/α-hetero) is 2. The molecule has 40 heavy (non-hydrogen) atoms. The van der Waals surface area contributed by atoms with E-state index >= 15 is 0 Å². The first kappa shape index (κ1) is 27.0. The van der Waals surface area contributed by atoms with Crippen LogP contribution in [0.2, 0.25) is 0 Å². The summed E-state index contributed by atoms with van der Waals surface area (Å²) in [6.07, 6.45) is 5.80. The number of carbonyl (C=O) groups excluding carboxylic acids is 3. The SMILES string of the molecule is CN(C)C1C(O)=C(C(N)=O)C(=O)[C@@]2(C)C(O)=C3C(=O)c4c(O)ccc(CN(CC5CC5)CC5CC5)c4C[C@H]3C[C@@H]12. The lowest BCUT2D eigenvalue weighted by Gasteiger charge is -2.51. The average Bonchev–Trinajstić information content (AvgIpc) is 3.80. The summed E-state index contributed by atoms with van der Waals surface area (Å²) >= 11 is 0. The number of phenolic OH excluding ortho intramolecular Hbond substituents is 1. The summed E-state index contributed by atoms with van der Waals surface area (Å²) in [5, 5.41) is 33.6. The zero-order valence-corrected chi connectivity index (χ0v) is 23.4. The van der Waals surface area contributed by atoms with Crippen LogP contribution in [0, 0.1) is 29.1 Å². The van der Waals surface area contributed by atoms with E-state index in [1.807, 2.05) is 6.07 Å². The number of nitrogens with zero attached hydrogens (tertiary/aromatic N) is 2. The van der Waals surface area contributed by atoms with E-state index in [2.05, 4.69) is 4.90 Å². The van der Waals surface area contributed by atoms with Crippen molar-refractivity contribution in [3.8, 4) is 5.75 Å². The number of rotatable bonds is 8. The van der Waals surface area contributed by atoms with Crippen LogP contribution in [0.1, 0.15) is 60.5 Å². The lowest BCUT2D eigenvalue weighted by Crippen LogP contribution is -2.58. The van der Waals surface area contributed by atoms with E-state index in [1.165, 1.54) is 32.6 Å². The number of hydrogen-bond donors (Lipinski definition) is 4. The summed E-state index contributed by atoms with van der Waals surface area (Å²) in [4.78, 5) is 44.2. The Bertz CT molecular complexity index is 1360. The molecular formula is C31H39N3O6. The molecule has 0 heterocycles. The van der Waals surface area contributed by atoms with Crippen molar-refractivity contribution >= 4 is 17.5 Å². The maximum Gasteiger partial charge on any atom is 0.255 e. The van der Waals surface area contributed by atoms with Gasteiger partial charge in [0.05, 0.1) is 17.0 Å². The van der Waals surface area contributed by atoms with Crippen LogP contribution in [0.4, 0.5) is 0 Å². The molecule has 4 atom stereocenters. The van der Waals surface area contributed by atoms with E-state index in [4.69, 9.17) is 5.73 Å². The minimum absolute atomic E-state index is 0.114. The molecule has 0 aliphatic heterocycles. The number of nitrogens with two attached hydrogens (primary N) is 1. The molecule has 214 valence electrons. The lowest BCUT2D eigenvalue weighted by molar-refractivity contribution is -0.134. The van der Waals surface area contributed by atoms with Gasteiger partial charge in [0.25, 0.3) is 5.91 Å². The van der Waals surface area contributed by atoms with Gasteiger partial charge >= 0.3 is 0 Å². The minimum Gasteiger partial charge on any atom is -0.511 e. The van der Waals surface area contributed by atoms with Crippen LogP contribution in [-0.4, -0.2) is 75.8 Å². The standard InChI is InChI=1S/C31H39N3O6/c1-31-20(25(33(2)3)27(37)24(29(31)39)30(32)40)11-18-10-19-17(14-34(12-15-4-5-15)13-16-6-7-16)8-9-21(35)23(19)26(36)22(18)28(31)38/h8-9,15-16,18,20,25,35,37-38H,4-7,10-14H2,1-3H3,(H2,32,40)/t18-,20-,25?,31+/m0/s1. The molecule has 5 N–H and O–H groups in total. The van der Waals surface area contributed by atoms with Crippen LogP contribution in [0.5, 0.6) is 5.75 Å². The molecule has 1 amide bonds. The highest BCUT2D eigenvalue weighted by atomic mass is 16.3. The second-order valence-electron chi connectivity index (χ2n) is 13.1. The predicted molar refractivity (Wildman–Crippen MR) is 148 cm³/mol. The van der Waals surface area contributed by atoms with E-state index in [9.17, 15) is 29.7 Å². The normalized spacial score (nSPS) is 30.1. The Morgan fingerprint density at radius 2 is 1.68 bits per heavy atom. The Kier molecular flexibility index (Phi) is 6.38. The summed E-state index contributed by atoms with van der Waals surface area (Å²) < 4.78 is 0. The van der Waals surface area contributed by atoms with Gasteiger partial charge in [-0.3, -0.25) is 24.2 Å². The van der Waals surface area contributed by atoms with E-state index in [0.29, 0.717) is 19.4 Å². The highest BCUT2D eigenvalue weighted by molar-refractivity contribution is 6.23. The monoisotopic (exact) mass is 549 g/mol. The fraction of sp³-hybridized carbons (Fsp3) is 0.581. The average molecular weight is 550 g/mol. The summed E-state index contributed by atoms with van der Waals surface area (Å²) in [6.45, 7) is 4.30. The fourth-order valence-electron chi connectivity index (χ4n) is 7.53. The van der Waals surface area contributed by atoms with Crippen molar-refractivity contribution in [3.63, 3.8) is 0 Å². The number of likely N-dealkylation sites (N-methyl/N-ethyl adjacent to an activating group) is 1. The number of primary amides is 1. The molecule has 5 aliphatic rings. The first-order valence-corrected chi connectivity index (χ1v) is 14.4. The molecule has 0 spiro atoms.